The molecule has 2 N–H and O–H groups in total. The summed E-state index contributed by atoms with van der Waals surface area (Å²) in [6.45, 7) is 6.91. The molecular weight excluding hydrogens is 240 g/mol. The zero-order chi connectivity index (χ0) is 14.9. The third kappa shape index (κ3) is 26.5. The average molecular weight is 270 g/mol. The molecule has 0 amide bonds. The maximum absolute atomic E-state index is 9.66. The molecule has 0 saturated heterocycles. The minimum atomic E-state index is -0.833. The van der Waals surface area contributed by atoms with Crippen molar-refractivity contribution in [2.45, 2.75) is 71.3 Å². The van der Waals surface area contributed by atoms with Crippen LogP contribution in [0.25, 0.3) is 0 Å². The van der Waals surface area contributed by atoms with Gasteiger partial charge in [0.2, 0.25) is 0 Å². The summed E-state index contributed by atoms with van der Waals surface area (Å²) in [6.07, 6.45) is 14.8. The highest BCUT2D eigenvalue weighted by atomic mass is 16.4. The SMILES string of the molecule is C=C/C=C\CCCC(O)CCCCCC.CC(=O)O. The van der Waals surface area contributed by atoms with Crippen molar-refractivity contribution < 1.29 is 15.0 Å². The molecule has 1 atom stereocenters. The highest BCUT2D eigenvalue weighted by Gasteiger charge is 2.02. The van der Waals surface area contributed by atoms with Gasteiger partial charge in [0.15, 0.2) is 0 Å². The van der Waals surface area contributed by atoms with E-state index in [0.717, 1.165) is 32.6 Å². The first kappa shape index (κ1) is 20.2. The minimum Gasteiger partial charge on any atom is -0.481 e. The molecule has 0 saturated carbocycles. The van der Waals surface area contributed by atoms with Gasteiger partial charge >= 0.3 is 0 Å². The van der Waals surface area contributed by atoms with Crippen molar-refractivity contribution in [2.24, 2.45) is 0 Å². The van der Waals surface area contributed by atoms with Gasteiger partial charge in [0.1, 0.15) is 0 Å². The highest BCUT2D eigenvalue weighted by Crippen LogP contribution is 2.10. The summed E-state index contributed by atoms with van der Waals surface area (Å²) < 4.78 is 0. The molecule has 0 radical (unpaired) electrons. The van der Waals surface area contributed by atoms with Crippen LogP contribution in [0.15, 0.2) is 24.8 Å². The molecule has 0 fully saturated rings. The second-order valence-corrected chi connectivity index (χ2v) is 4.62. The van der Waals surface area contributed by atoms with Crippen LogP contribution in [0.1, 0.15) is 65.2 Å². The van der Waals surface area contributed by atoms with Crippen LogP contribution in [-0.2, 0) is 4.79 Å². The van der Waals surface area contributed by atoms with Crippen LogP contribution >= 0.6 is 0 Å². The van der Waals surface area contributed by atoms with Crippen LogP contribution in [0.3, 0.4) is 0 Å². The number of allylic oxidation sites excluding steroid dienone is 3. The first-order valence-corrected chi connectivity index (χ1v) is 7.19. The van der Waals surface area contributed by atoms with Gasteiger partial charge in [-0.2, -0.15) is 0 Å². The molecule has 0 spiro atoms. The van der Waals surface area contributed by atoms with E-state index in [1.165, 1.54) is 25.7 Å². The molecule has 0 aliphatic heterocycles. The van der Waals surface area contributed by atoms with E-state index in [1.807, 2.05) is 6.08 Å². The van der Waals surface area contributed by atoms with Crippen LogP contribution in [0, 0.1) is 0 Å². The van der Waals surface area contributed by atoms with Crippen molar-refractivity contribution in [2.75, 3.05) is 0 Å². The summed E-state index contributed by atoms with van der Waals surface area (Å²) in [4.78, 5) is 9.00. The van der Waals surface area contributed by atoms with E-state index in [4.69, 9.17) is 9.90 Å². The molecule has 0 aromatic rings. The van der Waals surface area contributed by atoms with Gasteiger partial charge in [0, 0.05) is 6.92 Å². The topological polar surface area (TPSA) is 57.5 Å². The van der Waals surface area contributed by atoms with Crippen molar-refractivity contribution in [3.63, 3.8) is 0 Å². The van der Waals surface area contributed by atoms with E-state index in [-0.39, 0.29) is 6.10 Å². The lowest BCUT2D eigenvalue weighted by molar-refractivity contribution is -0.134. The summed E-state index contributed by atoms with van der Waals surface area (Å²) in [5.41, 5.74) is 0. The normalized spacial score (nSPS) is 11.7. The maximum Gasteiger partial charge on any atom is 0.300 e. The predicted octanol–water partition coefficient (Wildman–Crippen LogP) is 4.32. The molecule has 0 rings (SSSR count). The molecule has 1 unspecified atom stereocenters. The Morgan fingerprint density at radius 3 is 2.32 bits per heavy atom. The number of aliphatic carboxylic acids is 1. The summed E-state index contributed by atoms with van der Waals surface area (Å²) >= 11 is 0. The molecule has 3 nitrogen and oxygen atoms in total. The lowest BCUT2D eigenvalue weighted by Crippen LogP contribution is -2.05. The Labute approximate surface area is 118 Å². The van der Waals surface area contributed by atoms with E-state index in [9.17, 15) is 5.11 Å². The molecular formula is C16H30O3. The Hall–Kier alpha value is -1.09. The van der Waals surface area contributed by atoms with Gasteiger partial charge in [-0.25, -0.2) is 0 Å². The molecule has 0 heterocycles. The van der Waals surface area contributed by atoms with Gasteiger partial charge in [-0.1, -0.05) is 57.4 Å². The molecule has 19 heavy (non-hydrogen) atoms. The number of hydrogen-bond acceptors (Lipinski definition) is 2. The van der Waals surface area contributed by atoms with Gasteiger partial charge in [-0.05, 0) is 25.7 Å². The Bertz CT molecular complexity index is 230. The summed E-state index contributed by atoms with van der Waals surface area (Å²) in [5, 5.41) is 17.1. The van der Waals surface area contributed by atoms with Crippen molar-refractivity contribution >= 4 is 5.97 Å². The summed E-state index contributed by atoms with van der Waals surface area (Å²) in [6, 6.07) is 0. The number of carboxylic acid groups (broad SMARTS) is 1. The van der Waals surface area contributed by atoms with Crippen LogP contribution in [-0.4, -0.2) is 22.3 Å². The van der Waals surface area contributed by atoms with Crippen LogP contribution in [0.5, 0.6) is 0 Å². The fourth-order valence-electron chi connectivity index (χ4n) is 1.61. The van der Waals surface area contributed by atoms with Crippen LogP contribution in [0.2, 0.25) is 0 Å². The predicted molar refractivity (Wildman–Crippen MR) is 81.3 cm³/mol. The Morgan fingerprint density at radius 1 is 1.21 bits per heavy atom. The first-order chi connectivity index (χ1) is 9.04. The number of rotatable bonds is 10. The third-order valence-corrected chi connectivity index (χ3v) is 2.57. The molecule has 112 valence electrons. The first-order valence-electron chi connectivity index (χ1n) is 7.19. The van der Waals surface area contributed by atoms with E-state index in [0.29, 0.717) is 0 Å². The summed E-state index contributed by atoms with van der Waals surface area (Å²) in [7, 11) is 0. The standard InChI is InChI=1S/C14H26O.C2H4O2/c1-3-5-7-9-11-13-14(15)12-10-8-6-4-2;1-2(3)4/h3,5,7,14-15H,1,4,6,8-13H2,2H3;1H3,(H,3,4)/b7-5-;. The van der Waals surface area contributed by atoms with Crippen molar-refractivity contribution in [1.29, 1.82) is 0 Å². The third-order valence-electron chi connectivity index (χ3n) is 2.57. The van der Waals surface area contributed by atoms with Gasteiger partial charge in [-0.15, -0.1) is 0 Å². The van der Waals surface area contributed by atoms with E-state index in [2.05, 4.69) is 19.6 Å². The van der Waals surface area contributed by atoms with E-state index >= 15 is 0 Å². The average Bonchev–Trinajstić information content (AvgIpc) is 2.34. The second-order valence-electron chi connectivity index (χ2n) is 4.62. The fraction of sp³-hybridized carbons (Fsp3) is 0.688. The van der Waals surface area contributed by atoms with Crippen molar-refractivity contribution in [3.8, 4) is 0 Å². The zero-order valence-corrected chi connectivity index (χ0v) is 12.5. The van der Waals surface area contributed by atoms with Crippen molar-refractivity contribution in [1.82, 2.24) is 0 Å². The number of carbonyl (C=O) groups is 1. The number of carboxylic acids is 1. The monoisotopic (exact) mass is 270 g/mol. The van der Waals surface area contributed by atoms with Gasteiger partial charge in [-0.3, -0.25) is 4.79 Å². The Morgan fingerprint density at radius 2 is 1.79 bits per heavy atom. The van der Waals surface area contributed by atoms with Gasteiger partial charge < -0.3 is 10.2 Å². The second kappa shape index (κ2) is 16.9. The molecule has 0 aliphatic rings. The number of aliphatic hydroxyl groups is 1. The van der Waals surface area contributed by atoms with E-state index in [1.54, 1.807) is 6.08 Å². The summed E-state index contributed by atoms with van der Waals surface area (Å²) in [5.74, 6) is -0.833. The number of hydrogen-bond donors (Lipinski definition) is 2. The number of unbranched alkanes of at least 4 members (excludes halogenated alkanes) is 4. The molecule has 0 aromatic carbocycles. The van der Waals surface area contributed by atoms with Crippen LogP contribution in [0.4, 0.5) is 0 Å². The van der Waals surface area contributed by atoms with Gasteiger partial charge in [0.05, 0.1) is 6.10 Å². The number of aliphatic hydroxyl groups excluding tert-OH is 1. The van der Waals surface area contributed by atoms with Crippen molar-refractivity contribution in [3.05, 3.63) is 24.8 Å². The lowest BCUT2D eigenvalue weighted by atomic mass is 10.0. The molecule has 3 heteroatoms. The molecule has 0 bridgehead atoms. The Balaban J connectivity index is 0. The minimum absolute atomic E-state index is 0.0843. The fourth-order valence-corrected chi connectivity index (χ4v) is 1.61. The molecule has 0 aliphatic carbocycles. The maximum atomic E-state index is 9.66. The van der Waals surface area contributed by atoms with Gasteiger partial charge in [0.25, 0.3) is 5.97 Å². The van der Waals surface area contributed by atoms with Crippen LogP contribution < -0.4 is 0 Å². The zero-order valence-electron chi connectivity index (χ0n) is 12.5. The largest absolute Gasteiger partial charge is 0.481 e. The lowest BCUT2D eigenvalue weighted by Gasteiger charge is -2.08. The molecule has 0 aromatic heterocycles. The highest BCUT2D eigenvalue weighted by molar-refractivity contribution is 5.62. The van der Waals surface area contributed by atoms with E-state index < -0.39 is 5.97 Å². The quantitative estimate of drug-likeness (QED) is 0.459. The smallest absolute Gasteiger partial charge is 0.300 e. The Kier molecular flexibility index (Phi) is 18.0.